The van der Waals surface area contributed by atoms with Crippen molar-refractivity contribution in [3.05, 3.63) is 54.2 Å². The fourth-order valence-corrected chi connectivity index (χ4v) is 2.45. The molecule has 0 unspecified atom stereocenters. The van der Waals surface area contributed by atoms with E-state index >= 15 is 0 Å². The molecule has 0 saturated heterocycles. The SMILES string of the molecule is C=NNc1cc(Nc2ncc(-c3ccc(NCC)cc3)o2)ccc1C. The third-order valence-corrected chi connectivity index (χ3v) is 3.74. The summed E-state index contributed by atoms with van der Waals surface area (Å²) in [5, 5.41) is 10.1. The van der Waals surface area contributed by atoms with Gasteiger partial charge in [0.05, 0.1) is 11.9 Å². The number of hydrogen-bond acceptors (Lipinski definition) is 6. The van der Waals surface area contributed by atoms with Crippen LogP contribution in [-0.2, 0) is 0 Å². The molecule has 3 rings (SSSR count). The number of aromatic nitrogens is 1. The minimum atomic E-state index is 0.437. The average molecular weight is 335 g/mol. The third kappa shape index (κ3) is 3.98. The molecule has 0 bridgehead atoms. The standard InChI is InChI=1S/C19H21N5O/c1-4-21-15-9-6-14(7-10-15)18-12-22-19(25-18)23-16-8-5-13(2)17(11-16)24-20-3/h5-12,21,24H,3-4H2,1-2H3,(H,22,23). The quantitative estimate of drug-likeness (QED) is 0.425. The molecule has 6 heteroatoms. The van der Waals surface area contributed by atoms with Crippen LogP contribution in [0.2, 0.25) is 0 Å². The zero-order valence-electron chi connectivity index (χ0n) is 14.3. The summed E-state index contributed by atoms with van der Waals surface area (Å²) in [6.45, 7) is 8.41. The number of nitrogens with one attached hydrogen (secondary N) is 3. The highest BCUT2D eigenvalue weighted by molar-refractivity contribution is 5.66. The van der Waals surface area contributed by atoms with Gasteiger partial charge in [-0.05, 0) is 55.8 Å². The number of rotatable bonds is 7. The van der Waals surface area contributed by atoms with Gasteiger partial charge in [0, 0.05) is 30.2 Å². The summed E-state index contributed by atoms with van der Waals surface area (Å²) in [6.07, 6.45) is 1.71. The Morgan fingerprint density at radius 1 is 1.12 bits per heavy atom. The first kappa shape index (κ1) is 16.6. The van der Waals surface area contributed by atoms with Crippen molar-refractivity contribution >= 4 is 29.8 Å². The van der Waals surface area contributed by atoms with Gasteiger partial charge in [0.15, 0.2) is 5.76 Å². The molecule has 3 N–H and O–H groups in total. The first-order valence-corrected chi connectivity index (χ1v) is 8.09. The number of oxazole rings is 1. The molecule has 1 aromatic heterocycles. The third-order valence-electron chi connectivity index (χ3n) is 3.74. The molecule has 0 radical (unpaired) electrons. The van der Waals surface area contributed by atoms with Crippen LogP contribution in [0, 0.1) is 6.92 Å². The van der Waals surface area contributed by atoms with Crippen molar-refractivity contribution in [2.45, 2.75) is 13.8 Å². The normalized spacial score (nSPS) is 10.3. The van der Waals surface area contributed by atoms with E-state index in [1.165, 1.54) is 0 Å². The smallest absolute Gasteiger partial charge is 0.299 e. The van der Waals surface area contributed by atoms with Crippen molar-refractivity contribution in [2.24, 2.45) is 5.10 Å². The lowest BCUT2D eigenvalue weighted by Crippen LogP contribution is -1.95. The summed E-state index contributed by atoms with van der Waals surface area (Å²) in [5.74, 6) is 0.712. The maximum Gasteiger partial charge on any atom is 0.299 e. The van der Waals surface area contributed by atoms with Crippen molar-refractivity contribution < 1.29 is 4.42 Å². The topological polar surface area (TPSA) is 74.5 Å². The molecule has 2 aromatic carbocycles. The van der Waals surface area contributed by atoms with Gasteiger partial charge in [-0.15, -0.1) is 0 Å². The van der Waals surface area contributed by atoms with Gasteiger partial charge in [0.1, 0.15) is 0 Å². The zero-order chi connectivity index (χ0) is 17.6. The van der Waals surface area contributed by atoms with Crippen LogP contribution in [0.1, 0.15) is 12.5 Å². The number of hydrazone groups is 1. The van der Waals surface area contributed by atoms with E-state index in [2.05, 4.69) is 39.8 Å². The number of aryl methyl sites for hydroxylation is 1. The van der Waals surface area contributed by atoms with Crippen molar-refractivity contribution in [1.82, 2.24) is 4.98 Å². The van der Waals surface area contributed by atoms with Crippen LogP contribution in [0.3, 0.4) is 0 Å². The summed E-state index contributed by atoms with van der Waals surface area (Å²) in [5.41, 5.74) is 7.74. The molecular weight excluding hydrogens is 314 g/mol. The second-order valence-electron chi connectivity index (χ2n) is 5.56. The maximum absolute atomic E-state index is 5.80. The highest BCUT2D eigenvalue weighted by atomic mass is 16.4. The molecular formula is C19H21N5O. The van der Waals surface area contributed by atoms with Gasteiger partial charge in [-0.2, -0.15) is 5.10 Å². The van der Waals surface area contributed by atoms with Gasteiger partial charge in [-0.1, -0.05) is 6.07 Å². The Kier molecular flexibility index (Phi) is 4.99. The highest BCUT2D eigenvalue weighted by Crippen LogP contribution is 2.27. The van der Waals surface area contributed by atoms with Crippen molar-refractivity contribution in [3.63, 3.8) is 0 Å². The van der Waals surface area contributed by atoms with E-state index in [1.807, 2.05) is 49.4 Å². The van der Waals surface area contributed by atoms with Gasteiger partial charge in [-0.25, -0.2) is 4.98 Å². The van der Waals surface area contributed by atoms with Crippen LogP contribution < -0.4 is 16.1 Å². The van der Waals surface area contributed by atoms with Gasteiger partial charge < -0.3 is 15.1 Å². The molecule has 3 aromatic rings. The average Bonchev–Trinajstić information content (AvgIpc) is 3.07. The van der Waals surface area contributed by atoms with Crippen LogP contribution in [0.15, 0.2) is 58.2 Å². The lowest BCUT2D eigenvalue weighted by atomic mass is 10.2. The number of benzene rings is 2. The van der Waals surface area contributed by atoms with E-state index in [0.717, 1.165) is 34.7 Å². The fourth-order valence-electron chi connectivity index (χ4n) is 2.45. The molecule has 0 spiro atoms. The van der Waals surface area contributed by atoms with E-state index in [9.17, 15) is 0 Å². The van der Waals surface area contributed by atoms with Gasteiger partial charge >= 0.3 is 0 Å². The molecule has 0 amide bonds. The molecule has 0 saturated carbocycles. The Morgan fingerprint density at radius 2 is 1.88 bits per heavy atom. The maximum atomic E-state index is 5.80. The van der Waals surface area contributed by atoms with E-state index < -0.39 is 0 Å². The summed E-state index contributed by atoms with van der Waals surface area (Å²) in [4.78, 5) is 4.30. The Bertz CT molecular complexity index is 855. The number of anilines is 4. The van der Waals surface area contributed by atoms with Crippen LogP contribution in [0.25, 0.3) is 11.3 Å². The highest BCUT2D eigenvalue weighted by Gasteiger charge is 2.08. The summed E-state index contributed by atoms with van der Waals surface area (Å²) in [6, 6.07) is 14.4. The fraction of sp³-hybridized carbons (Fsp3) is 0.158. The molecule has 0 fully saturated rings. The van der Waals surface area contributed by atoms with Crippen molar-refractivity contribution in [1.29, 1.82) is 0 Å². The first-order chi connectivity index (χ1) is 12.2. The Labute approximate surface area is 147 Å². The van der Waals surface area contributed by atoms with Gasteiger partial charge in [0.25, 0.3) is 6.01 Å². The molecule has 0 aliphatic heterocycles. The van der Waals surface area contributed by atoms with E-state index in [0.29, 0.717) is 11.8 Å². The van der Waals surface area contributed by atoms with E-state index in [1.54, 1.807) is 6.20 Å². The molecule has 6 nitrogen and oxygen atoms in total. The van der Waals surface area contributed by atoms with Gasteiger partial charge in [0.2, 0.25) is 0 Å². The summed E-state index contributed by atoms with van der Waals surface area (Å²) in [7, 11) is 0. The number of hydrogen-bond donors (Lipinski definition) is 3. The first-order valence-electron chi connectivity index (χ1n) is 8.09. The minimum absolute atomic E-state index is 0.437. The van der Waals surface area contributed by atoms with Crippen molar-refractivity contribution in [2.75, 3.05) is 22.6 Å². The predicted octanol–water partition coefficient (Wildman–Crippen LogP) is 4.85. The zero-order valence-corrected chi connectivity index (χ0v) is 14.3. The molecule has 0 aliphatic carbocycles. The summed E-state index contributed by atoms with van der Waals surface area (Å²) < 4.78 is 5.80. The lowest BCUT2D eigenvalue weighted by Gasteiger charge is -2.08. The molecule has 25 heavy (non-hydrogen) atoms. The predicted molar refractivity (Wildman–Crippen MR) is 104 cm³/mol. The van der Waals surface area contributed by atoms with Gasteiger partial charge in [-0.3, -0.25) is 5.43 Å². The largest absolute Gasteiger partial charge is 0.423 e. The molecule has 0 aliphatic rings. The Morgan fingerprint density at radius 3 is 2.60 bits per heavy atom. The summed E-state index contributed by atoms with van der Waals surface area (Å²) >= 11 is 0. The molecule has 128 valence electrons. The molecule has 0 atom stereocenters. The van der Waals surface area contributed by atoms with Crippen LogP contribution in [-0.4, -0.2) is 18.2 Å². The minimum Gasteiger partial charge on any atom is -0.423 e. The monoisotopic (exact) mass is 335 g/mol. The Balaban J connectivity index is 1.75. The number of nitrogens with zero attached hydrogens (tertiary/aromatic N) is 2. The lowest BCUT2D eigenvalue weighted by molar-refractivity contribution is 0.592. The second-order valence-corrected chi connectivity index (χ2v) is 5.56. The van der Waals surface area contributed by atoms with Crippen LogP contribution >= 0.6 is 0 Å². The van der Waals surface area contributed by atoms with Crippen molar-refractivity contribution in [3.8, 4) is 11.3 Å². The van der Waals surface area contributed by atoms with E-state index in [4.69, 9.17) is 4.42 Å². The second kappa shape index (κ2) is 7.53. The molecule has 1 heterocycles. The van der Waals surface area contributed by atoms with Crippen LogP contribution in [0.5, 0.6) is 0 Å². The van der Waals surface area contributed by atoms with Crippen LogP contribution in [0.4, 0.5) is 23.1 Å². The Hall–Kier alpha value is -3.28. The van der Waals surface area contributed by atoms with E-state index in [-0.39, 0.29) is 0 Å².